The number of anilines is 1. The SMILES string of the molecule is C#CNC1(CCN2CC(CCc3cccc(C=O)c3CN(C)C(CCC=C)C(=O)NC)C2)CCC(C)CC1.C/C=C/C(C)C(CNC)c1cccc(C)c1F.C=CNc1cccc(Cl)c1. The molecule has 3 unspecified atom stereocenters. The molecular weight excluding hydrogens is 831 g/mol. The molecule has 2 aliphatic rings. The van der Waals surface area contributed by atoms with Crippen LogP contribution in [0.15, 0.2) is 98.2 Å². The number of rotatable bonds is 22. The molecule has 2 fully saturated rings. The van der Waals surface area contributed by atoms with Crippen LogP contribution in [0.25, 0.3) is 0 Å². The van der Waals surface area contributed by atoms with Crippen LogP contribution in [0, 0.1) is 43.0 Å². The number of likely N-dealkylation sites (N-methyl/N-ethyl adjacent to an activating group) is 3. The molecular formula is C55H78ClFN6O2. The highest BCUT2D eigenvalue weighted by molar-refractivity contribution is 6.30. The molecule has 0 bridgehead atoms. The Balaban J connectivity index is 0.000000338. The van der Waals surface area contributed by atoms with Gasteiger partial charge in [-0.05, 0) is 150 Å². The third-order valence-electron chi connectivity index (χ3n) is 13.2. The number of nitrogens with zero attached hydrogens (tertiary/aromatic N) is 2. The first-order valence-corrected chi connectivity index (χ1v) is 23.9. The number of amides is 1. The van der Waals surface area contributed by atoms with E-state index < -0.39 is 0 Å². The maximum absolute atomic E-state index is 14.1. The molecule has 1 heterocycles. The molecule has 3 atom stereocenters. The highest BCUT2D eigenvalue weighted by Gasteiger charge is 2.36. The molecule has 0 aromatic heterocycles. The number of nitrogens with one attached hydrogen (secondary N) is 4. The number of hydrogen-bond acceptors (Lipinski definition) is 7. The first kappa shape index (κ1) is 54.6. The summed E-state index contributed by atoms with van der Waals surface area (Å²) in [6.45, 7) is 20.3. The van der Waals surface area contributed by atoms with Gasteiger partial charge in [-0.1, -0.05) is 99.1 Å². The van der Waals surface area contributed by atoms with Crippen molar-refractivity contribution in [1.82, 2.24) is 25.8 Å². The van der Waals surface area contributed by atoms with Crippen LogP contribution in [0.2, 0.25) is 5.02 Å². The van der Waals surface area contributed by atoms with Gasteiger partial charge >= 0.3 is 0 Å². The van der Waals surface area contributed by atoms with Crippen molar-refractivity contribution in [3.05, 3.63) is 137 Å². The van der Waals surface area contributed by atoms with Crippen molar-refractivity contribution in [2.24, 2.45) is 17.8 Å². The van der Waals surface area contributed by atoms with Crippen LogP contribution < -0.4 is 21.3 Å². The lowest BCUT2D eigenvalue weighted by Crippen LogP contribution is -2.52. The Morgan fingerprint density at radius 2 is 1.82 bits per heavy atom. The number of terminal acetylenes is 1. The van der Waals surface area contributed by atoms with Gasteiger partial charge in [-0.15, -0.1) is 6.58 Å². The van der Waals surface area contributed by atoms with Crippen molar-refractivity contribution in [3.8, 4) is 12.5 Å². The molecule has 354 valence electrons. The van der Waals surface area contributed by atoms with Gasteiger partial charge in [0.05, 0.1) is 6.04 Å². The molecule has 1 saturated carbocycles. The van der Waals surface area contributed by atoms with Crippen molar-refractivity contribution < 1.29 is 14.0 Å². The summed E-state index contributed by atoms with van der Waals surface area (Å²) in [5.74, 6) is 1.91. The normalized spacial score (nSPS) is 18.6. The van der Waals surface area contributed by atoms with E-state index in [9.17, 15) is 14.0 Å². The second-order valence-electron chi connectivity index (χ2n) is 18.0. The fourth-order valence-electron chi connectivity index (χ4n) is 9.11. The lowest BCUT2D eigenvalue weighted by atomic mass is 9.75. The van der Waals surface area contributed by atoms with E-state index in [0.29, 0.717) is 24.8 Å². The molecule has 65 heavy (non-hydrogen) atoms. The minimum Gasteiger partial charge on any atom is -0.362 e. The summed E-state index contributed by atoms with van der Waals surface area (Å²) >= 11 is 5.71. The van der Waals surface area contributed by atoms with Crippen LogP contribution in [-0.4, -0.2) is 80.9 Å². The third-order valence-corrected chi connectivity index (χ3v) is 13.4. The van der Waals surface area contributed by atoms with Gasteiger partial charge in [0.1, 0.15) is 12.1 Å². The summed E-state index contributed by atoms with van der Waals surface area (Å²) in [5.41, 5.74) is 5.58. The number of halogens is 2. The summed E-state index contributed by atoms with van der Waals surface area (Å²) in [6, 6.07) is 21.6. The summed E-state index contributed by atoms with van der Waals surface area (Å²) < 4.78 is 14.1. The average molecular weight is 910 g/mol. The predicted octanol–water partition coefficient (Wildman–Crippen LogP) is 10.9. The van der Waals surface area contributed by atoms with Crippen molar-refractivity contribution in [1.29, 1.82) is 0 Å². The van der Waals surface area contributed by atoms with Crippen LogP contribution >= 0.6 is 11.6 Å². The molecule has 5 rings (SSSR count). The minimum absolute atomic E-state index is 0.00370. The maximum Gasteiger partial charge on any atom is 0.237 e. The smallest absolute Gasteiger partial charge is 0.237 e. The Morgan fingerprint density at radius 1 is 1.11 bits per heavy atom. The topological polar surface area (TPSA) is 88.7 Å². The van der Waals surface area contributed by atoms with Gasteiger partial charge < -0.3 is 26.2 Å². The van der Waals surface area contributed by atoms with Crippen LogP contribution in [0.1, 0.15) is 111 Å². The lowest BCUT2D eigenvalue weighted by molar-refractivity contribution is -0.125. The zero-order valence-electron chi connectivity index (χ0n) is 40.4. The molecule has 10 heteroatoms. The molecule has 1 saturated heterocycles. The zero-order valence-corrected chi connectivity index (χ0v) is 41.2. The molecule has 3 aromatic rings. The van der Waals surface area contributed by atoms with Gasteiger partial charge in [-0.3, -0.25) is 14.5 Å². The first-order chi connectivity index (χ1) is 31.3. The van der Waals surface area contributed by atoms with E-state index in [1.54, 1.807) is 13.2 Å². The van der Waals surface area contributed by atoms with Gasteiger partial charge in [0.15, 0.2) is 0 Å². The molecule has 1 amide bonds. The maximum atomic E-state index is 14.1. The van der Waals surface area contributed by atoms with E-state index in [-0.39, 0.29) is 29.2 Å². The fraction of sp³-hybridized carbons (Fsp3) is 0.491. The van der Waals surface area contributed by atoms with Crippen LogP contribution in [-0.2, 0) is 17.8 Å². The Kier molecular flexibility index (Phi) is 24.4. The monoisotopic (exact) mass is 909 g/mol. The van der Waals surface area contributed by atoms with E-state index >= 15 is 0 Å². The Bertz CT molecular complexity index is 2000. The van der Waals surface area contributed by atoms with Crippen molar-refractivity contribution in [3.63, 3.8) is 0 Å². The number of benzene rings is 3. The lowest BCUT2D eigenvalue weighted by Gasteiger charge is -2.44. The highest BCUT2D eigenvalue weighted by atomic mass is 35.5. The van der Waals surface area contributed by atoms with Gasteiger partial charge in [-0.25, -0.2) is 4.39 Å². The summed E-state index contributed by atoms with van der Waals surface area (Å²) in [5, 5.41) is 13.0. The number of carbonyl (C=O) groups excluding carboxylic acids is 2. The zero-order chi connectivity index (χ0) is 47.8. The summed E-state index contributed by atoms with van der Waals surface area (Å²) in [4.78, 5) is 29.1. The number of likely N-dealkylation sites (tertiary alicyclic amines) is 1. The van der Waals surface area contributed by atoms with Crippen molar-refractivity contribution >= 4 is 29.5 Å². The number of allylic oxidation sites excluding steroid dienone is 3. The third kappa shape index (κ3) is 17.5. The number of aldehydes is 1. The summed E-state index contributed by atoms with van der Waals surface area (Å²) in [6.07, 6.45) is 23.7. The quantitative estimate of drug-likeness (QED) is 0.0346. The number of carbonyl (C=O) groups is 2. The highest BCUT2D eigenvalue weighted by Crippen LogP contribution is 2.35. The molecule has 8 nitrogen and oxygen atoms in total. The van der Waals surface area contributed by atoms with E-state index in [0.717, 1.165) is 97.0 Å². The van der Waals surface area contributed by atoms with Gasteiger partial charge in [0.2, 0.25) is 5.91 Å². The largest absolute Gasteiger partial charge is 0.362 e. The molecule has 3 aromatic carbocycles. The number of hydrogen-bond donors (Lipinski definition) is 4. The number of aryl methyl sites for hydroxylation is 2. The van der Waals surface area contributed by atoms with Crippen molar-refractivity contribution in [2.45, 2.75) is 110 Å². The summed E-state index contributed by atoms with van der Waals surface area (Å²) in [7, 11) is 5.54. The minimum atomic E-state index is -0.259. The second-order valence-corrected chi connectivity index (χ2v) is 18.5. The van der Waals surface area contributed by atoms with E-state index in [1.807, 2.05) is 94.7 Å². The van der Waals surface area contributed by atoms with E-state index in [1.165, 1.54) is 31.2 Å². The standard InChI is InChI=1S/C32H48N4O2.C15H22FN.C8H8ClN/c1-6-8-12-30(31(38)33-4)35(5)23-29-27(10-9-11-28(29)24-37)14-13-26-21-36(22-26)20-19-32(34-7-2)17-15-25(3)16-18-32;1-5-7-11(2)14(10-17-4)13-9-6-8-12(3)15(13)16;1-2-10-8-5-3-4-7(9)6-8/h2,6,9-11,24-26,30,34H,1,8,12-23H2,3-5H3,(H,33,38);5-9,11,14,17H,10H2,1-4H3;2-6,10H,1H2/b;7-5+;. The fourth-order valence-corrected chi connectivity index (χ4v) is 9.30. The Hall–Kier alpha value is -4.72. The van der Waals surface area contributed by atoms with Crippen LogP contribution in [0.3, 0.4) is 0 Å². The molecule has 1 aliphatic carbocycles. The first-order valence-electron chi connectivity index (χ1n) is 23.5. The molecule has 0 radical (unpaired) electrons. The van der Waals surface area contributed by atoms with Crippen LogP contribution in [0.4, 0.5) is 10.1 Å². The van der Waals surface area contributed by atoms with E-state index in [2.05, 4.69) is 76.3 Å². The van der Waals surface area contributed by atoms with Gasteiger partial charge in [0, 0.05) is 73.5 Å². The van der Waals surface area contributed by atoms with Crippen LogP contribution in [0.5, 0.6) is 0 Å². The average Bonchev–Trinajstić information content (AvgIpc) is 3.28. The van der Waals surface area contributed by atoms with Crippen molar-refractivity contribution in [2.75, 3.05) is 52.6 Å². The Morgan fingerprint density at radius 3 is 2.43 bits per heavy atom. The van der Waals surface area contributed by atoms with Gasteiger partial charge in [0.25, 0.3) is 0 Å². The predicted molar refractivity (Wildman–Crippen MR) is 273 cm³/mol. The molecule has 0 spiro atoms. The molecule has 1 aliphatic heterocycles. The second kappa shape index (κ2) is 29.0. The van der Waals surface area contributed by atoms with Gasteiger partial charge in [-0.2, -0.15) is 0 Å². The molecule has 4 N–H and O–H groups in total. The Labute approximate surface area is 396 Å². The van der Waals surface area contributed by atoms with E-state index in [4.69, 9.17) is 18.0 Å².